The molecule has 0 radical (unpaired) electrons. The molecule has 0 aliphatic rings. The average molecular weight is 373 g/mol. The second-order valence-electron chi connectivity index (χ2n) is 5.81. The van der Waals surface area contributed by atoms with Crippen LogP contribution in [0.5, 0.6) is 0 Å². The maximum absolute atomic E-state index is 12.5. The number of carbonyl (C=O) groups is 1. The number of anilines is 1. The van der Waals surface area contributed by atoms with Crippen molar-refractivity contribution in [3.8, 4) is 11.4 Å². The summed E-state index contributed by atoms with van der Waals surface area (Å²) in [5, 5.41) is 10.5. The van der Waals surface area contributed by atoms with Crippen molar-refractivity contribution in [3.05, 3.63) is 63.4 Å². The van der Waals surface area contributed by atoms with Crippen molar-refractivity contribution >= 4 is 35.4 Å². The van der Waals surface area contributed by atoms with E-state index in [1.54, 1.807) is 22.8 Å². The predicted octanol–water partition coefficient (Wildman–Crippen LogP) is 4.52. The summed E-state index contributed by atoms with van der Waals surface area (Å²) in [5.74, 6) is 0.448. The Bertz CT molecular complexity index is 975. The highest BCUT2D eigenvalue weighted by molar-refractivity contribution is 7.71. The van der Waals surface area contributed by atoms with Gasteiger partial charge >= 0.3 is 0 Å². The van der Waals surface area contributed by atoms with Crippen LogP contribution in [0.1, 0.15) is 11.1 Å². The van der Waals surface area contributed by atoms with Crippen LogP contribution < -0.4 is 5.32 Å². The zero-order valence-corrected chi connectivity index (χ0v) is 15.4. The van der Waals surface area contributed by atoms with E-state index in [1.807, 2.05) is 38.1 Å². The molecule has 0 spiro atoms. The van der Waals surface area contributed by atoms with E-state index in [1.165, 1.54) is 0 Å². The van der Waals surface area contributed by atoms with E-state index >= 15 is 0 Å². The Balaban J connectivity index is 1.83. The van der Waals surface area contributed by atoms with Gasteiger partial charge < -0.3 is 5.32 Å². The van der Waals surface area contributed by atoms with Gasteiger partial charge in [-0.05, 0) is 49.8 Å². The van der Waals surface area contributed by atoms with Gasteiger partial charge in [0.1, 0.15) is 6.54 Å². The van der Waals surface area contributed by atoms with E-state index in [4.69, 9.17) is 23.8 Å². The lowest BCUT2D eigenvalue weighted by molar-refractivity contribution is -0.116. The number of H-pyrrole nitrogens is 1. The van der Waals surface area contributed by atoms with E-state index in [-0.39, 0.29) is 12.5 Å². The van der Waals surface area contributed by atoms with Gasteiger partial charge in [0.2, 0.25) is 5.91 Å². The molecule has 0 bridgehead atoms. The number of aromatic amines is 1. The average Bonchev–Trinajstić information content (AvgIpc) is 2.92. The maximum atomic E-state index is 12.5. The number of amides is 1. The molecular formula is C18H17ClN4OS. The van der Waals surface area contributed by atoms with E-state index in [0.29, 0.717) is 15.6 Å². The Labute approximate surface area is 155 Å². The van der Waals surface area contributed by atoms with Gasteiger partial charge in [-0.25, -0.2) is 0 Å². The largest absolute Gasteiger partial charge is 0.324 e. The fourth-order valence-electron chi connectivity index (χ4n) is 2.49. The predicted molar refractivity (Wildman–Crippen MR) is 102 cm³/mol. The van der Waals surface area contributed by atoms with Crippen LogP contribution in [0.3, 0.4) is 0 Å². The van der Waals surface area contributed by atoms with Crippen molar-refractivity contribution in [2.24, 2.45) is 0 Å². The lowest BCUT2D eigenvalue weighted by atomic mass is 10.1. The maximum Gasteiger partial charge on any atom is 0.244 e. The molecule has 0 atom stereocenters. The second kappa shape index (κ2) is 7.21. The number of benzene rings is 2. The summed E-state index contributed by atoms with van der Waals surface area (Å²) >= 11 is 11.2. The fraction of sp³-hybridized carbons (Fsp3) is 0.167. The molecule has 0 saturated carbocycles. The summed E-state index contributed by atoms with van der Waals surface area (Å²) < 4.78 is 2.08. The first-order valence-corrected chi connectivity index (χ1v) is 8.51. The number of carbonyl (C=O) groups excluding carboxylic acids is 1. The van der Waals surface area contributed by atoms with Gasteiger partial charge in [-0.2, -0.15) is 5.10 Å². The molecule has 128 valence electrons. The molecule has 0 fully saturated rings. The minimum Gasteiger partial charge on any atom is -0.324 e. The van der Waals surface area contributed by atoms with Crippen LogP contribution >= 0.6 is 23.8 Å². The van der Waals surface area contributed by atoms with Gasteiger partial charge in [-0.1, -0.05) is 41.4 Å². The van der Waals surface area contributed by atoms with E-state index in [0.717, 1.165) is 22.4 Å². The van der Waals surface area contributed by atoms with Crippen LogP contribution in [-0.4, -0.2) is 20.7 Å². The van der Waals surface area contributed by atoms with Gasteiger partial charge in [0.15, 0.2) is 10.6 Å². The lowest BCUT2D eigenvalue weighted by Crippen LogP contribution is -2.20. The van der Waals surface area contributed by atoms with Crippen LogP contribution in [0.25, 0.3) is 11.4 Å². The van der Waals surface area contributed by atoms with Crippen LogP contribution in [0.15, 0.2) is 42.5 Å². The number of aryl methyl sites for hydroxylation is 2. The van der Waals surface area contributed by atoms with Crippen molar-refractivity contribution in [2.75, 3.05) is 5.32 Å². The first-order chi connectivity index (χ1) is 11.9. The van der Waals surface area contributed by atoms with Crippen LogP contribution in [0.2, 0.25) is 5.02 Å². The Hall–Kier alpha value is -2.44. The van der Waals surface area contributed by atoms with E-state index < -0.39 is 0 Å². The molecule has 0 aliphatic heterocycles. The number of aromatic nitrogens is 3. The fourth-order valence-corrected chi connectivity index (χ4v) is 2.91. The van der Waals surface area contributed by atoms with Crippen molar-refractivity contribution in [1.82, 2.24) is 14.8 Å². The summed E-state index contributed by atoms with van der Waals surface area (Å²) in [5.41, 5.74) is 3.67. The summed E-state index contributed by atoms with van der Waals surface area (Å²) in [4.78, 5) is 12.5. The molecule has 2 N–H and O–H groups in total. The molecule has 3 aromatic rings. The number of hydrogen-bond acceptors (Lipinski definition) is 3. The van der Waals surface area contributed by atoms with Gasteiger partial charge in [-0.15, -0.1) is 0 Å². The zero-order valence-electron chi connectivity index (χ0n) is 13.8. The van der Waals surface area contributed by atoms with Gasteiger partial charge in [-0.3, -0.25) is 14.5 Å². The summed E-state index contributed by atoms with van der Waals surface area (Å²) in [6.45, 7) is 3.98. The number of rotatable bonds is 4. The zero-order chi connectivity index (χ0) is 18.0. The highest BCUT2D eigenvalue weighted by Gasteiger charge is 2.13. The molecule has 3 rings (SSSR count). The van der Waals surface area contributed by atoms with Crippen molar-refractivity contribution in [2.45, 2.75) is 20.4 Å². The van der Waals surface area contributed by atoms with Gasteiger partial charge in [0.05, 0.1) is 0 Å². The van der Waals surface area contributed by atoms with Crippen molar-refractivity contribution in [3.63, 3.8) is 0 Å². The summed E-state index contributed by atoms with van der Waals surface area (Å²) in [6.07, 6.45) is 0. The Morgan fingerprint density at radius 1 is 1.24 bits per heavy atom. The molecule has 1 amide bonds. The third-order valence-electron chi connectivity index (χ3n) is 3.83. The standard InChI is InChI=1S/C18H17ClN4OS/c1-11-3-5-13(6-4-11)17-21-22-18(25)23(17)10-16(24)20-15-8-7-14(19)9-12(15)2/h3-9H,10H2,1-2H3,(H,20,24)(H,22,25). The Morgan fingerprint density at radius 2 is 1.96 bits per heavy atom. The number of halogens is 1. The molecule has 2 aromatic carbocycles. The Morgan fingerprint density at radius 3 is 2.64 bits per heavy atom. The molecule has 7 heteroatoms. The van der Waals surface area contributed by atoms with Crippen molar-refractivity contribution in [1.29, 1.82) is 0 Å². The molecule has 1 aromatic heterocycles. The van der Waals surface area contributed by atoms with Gasteiger partial charge in [0, 0.05) is 16.3 Å². The molecule has 5 nitrogen and oxygen atoms in total. The quantitative estimate of drug-likeness (QED) is 0.662. The van der Waals surface area contributed by atoms with E-state index in [2.05, 4.69) is 15.5 Å². The van der Waals surface area contributed by atoms with E-state index in [9.17, 15) is 4.79 Å². The first-order valence-electron chi connectivity index (χ1n) is 7.72. The molecule has 0 unspecified atom stereocenters. The normalized spacial score (nSPS) is 10.7. The summed E-state index contributed by atoms with van der Waals surface area (Å²) in [6, 6.07) is 13.2. The SMILES string of the molecule is Cc1ccc(-c2n[nH]c(=S)n2CC(=O)Nc2ccc(Cl)cc2C)cc1. The highest BCUT2D eigenvalue weighted by Crippen LogP contribution is 2.21. The molecule has 1 heterocycles. The highest BCUT2D eigenvalue weighted by atomic mass is 35.5. The number of nitrogens with one attached hydrogen (secondary N) is 2. The van der Waals surface area contributed by atoms with Gasteiger partial charge in [0.25, 0.3) is 0 Å². The molecule has 25 heavy (non-hydrogen) atoms. The summed E-state index contributed by atoms with van der Waals surface area (Å²) in [7, 11) is 0. The third kappa shape index (κ3) is 3.97. The van der Waals surface area contributed by atoms with Crippen molar-refractivity contribution < 1.29 is 4.79 Å². The Kier molecular flexibility index (Phi) is 5.01. The number of hydrogen-bond donors (Lipinski definition) is 2. The molecule has 0 saturated heterocycles. The lowest BCUT2D eigenvalue weighted by Gasteiger charge is -2.10. The van der Waals surface area contributed by atoms with Crippen LogP contribution in [0, 0.1) is 18.6 Å². The first kappa shape index (κ1) is 17.4. The minimum atomic E-state index is -0.184. The second-order valence-corrected chi connectivity index (χ2v) is 6.64. The third-order valence-corrected chi connectivity index (χ3v) is 4.38. The molecule has 0 aliphatic carbocycles. The smallest absolute Gasteiger partial charge is 0.244 e. The molecular weight excluding hydrogens is 356 g/mol. The minimum absolute atomic E-state index is 0.0700. The number of nitrogens with zero attached hydrogens (tertiary/aromatic N) is 2. The van der Waals surface area contributed by atoms with Crippen LogP contribution in [0.4, 0.5) is 5.69 Å². The monoisotopic (exact) mass is 372 g/mol. The van der Waals surface area contributed by atoms with Crippen LogP contribution in [-0.2, 0) is 11.3 Å². The topological polar surface area (TPSA) is 62.7 Å².